The molecule has 1 unspecified atom stereocenters. The van der Waals surface area contributed by atoms with Crippen molar-refractivity contribution in [1.82, 2.24) is 0 Å². The second-order valence-electron chi connectivity index (χ2n) is 6.83. The first-order valence-electron chi connectivity index (χ1n) is 9.49. The number of likely N-dealkylation sites (N-methyl/N-ethyl adjacent to an activating group) is 1. The summed E-state index contributed by atoms with van der Waals surface area (Å²) in [5.41, 5.74) is 1.83. The number of amides is 2. The Hall–Kier alpha value is -3.42. The van der Waals surface area contributed by atoms with Gasteiger partial charge in [-0.1, -0.05) is 19.1 Å². The van der Waals surface area contributed by atoms with Gasteiger partial charge in [0.25, 0.3) is 11.6 Å². The Balaban J connectivity index is 1.95. The zero-order chi connectivity index (χ0) is 21.1. The van der Waals surface area contributed by atoms with E-state index in [1.807, 2.05) is 45.0 Å². The van der Waals surface area contributed by atoms with E-state index < -0.39 is 11.0 Å². The fourth-order valence-electron chi connectivity index (χ4n) is 3.37. The maximum absolute atomic E-state index is 13.1. The van der Waals surface area contributed by atoms with Crippen molar-refractivity contribution in [3.05, 3.63) is 58.1 Å². The van der Waals surface area contributed by atoms with Gasteiger partial charge in [0.15, 0.2) is 6.10 Å². The van der Waals surface area contributed by atoms with Gasteiger partial charge in [0, 0.05) is 24.4 Å². The quantitative estimate of drug-likeness (QED) is 0.550. The molecule has 0 radical (unpaired) electrons. The summed E-state index contributed by atoms with van der Waals surface area (Å²) in [6.45, 7) is 5.81. The number of nitro groups is 1. The van der Waals surface area contributed by atoms with Crippen LogP contribution in [0.2, 0.25) is 0 Å². The summed E-state index contributed by atoms with van der Waals surface area (Å²) in [7, 11) is 0. The third kappa shape index (κ3) is 4.06. The van der Waals surface area contributed by atoms with Crippen molar-refractivity contribution in [1.29, 1.82) is 0 Å². The van der Waals surface area contributed by atoms with Crippen LogP contribution in [0, 0.1) is 17.0 Å². The molecule has 1 aliphatic rings. The van der Waals surface area contributed by atoms with Gasteiger partial charge in [-0.05, 0) is 44.0 Å². The highest BCUT2D eigenvalue weighted by Gasteiger charge is 2.36. The zero-order valence-corrected chi connectivity index (χ0v) is 16.6. The molecule has 8 heteroatoms. The Morgan fingerprint density at radius 1 is 1.24 bits per heavy atom. The predicted molar refractivity (Wildman–Crippen MR) is 109 cm³/mol. The van der Waals surface area contributed by atoms with Gasteiger partial charge in [-0.2, -0.15) is 0 Å². The van der Waals surface area contributed by atoms with E-state index in [1.165, 1.54) is 23.1 Å². The first-order chi connectivity index (χ1) is 13.8. The second kappa shape index (κ2) is 8.30. The van der Waals surface area contributed by atoms with E-state index in [9.17, 15) is 19.7 Å². The van der Waals surface area contributed by atoms with Crippen LogP contribution in [-0.2, 0) is 9.59 Å². The van der Waals surface area contributed by atoms with Crippen molar-refractivity contribution in [2.24, 2.45) is 0 Å². The summed E-state index contributed by atoms with van der Waals surface area (Å²) in [5, 5.41) is 11.2. The molecule has 1 aliphatic heterocycles. The highest BCUT2D eigenvalue weighted by Crippen LogP contribution is 2.37. The summed E-state index contributed by atoms with van der Waals surface area (Å²) in [5.74, 6) is -0.303. The lowest BCUT2D eigenvalue weighted by molar-refractivity contribution is -0.384. The number of nitro benzene ring substituents is 1. The number of non-ortho nitro benzene ring substituents is 1. The zero-order valence-electron chi connectivity index (χ0n) is 16.6. The molecule has 152 valence electrons. The minimum absolute atomic E-state index is 0.168. The van der Waals surface area contributed by atoms with Crippen LogP contribution in [0.3, 0.4) is 0 Å². The molecule has 8 nitrogen and oxygen atoms in total. The van der Waals surface area contributed by atoms with Crippen molar-refractivity contribution in [3.63, 3.8) is 0 Å². The molecule has 2 aromatic carbocycles. The van der Waals surface area contributed by atoms with Crippen LogP contribution in [0.1, 0.15) is 25.8 Å². The summed E-state index contributed by atoms with van der Waals surface area (Å²) in [6.07, 6.45) is -0.305. The number of anilines is 2. The molecule has 0 bridgehead atoms. The molecule has 0 N–H and O–H groups in total. The third-order valence-corrected chi connectivity index (χ3v) is 4.85. The SMILES string of the molecule is CCC1Oc2ccc([N+](=O)[O-])cc2N(CC(=O)N(CC)c2cccc(C)c2)C1=O. The number of ether oxygens (including phenoxy) is 1. The van der Waals surface area contributed by atoms with E-state index in [1.54, 1.807) is 4.90 Å². The number of carbonyl (C=O) groups is 2. The fraction of sp³-hybridized carbons (Fsp3) is 0.333. The standard InChI is InChI=1S/C21H23N3O5/c1-4-18-21(26)23(17-12-16(24(27)28)9-10-19(17)29-18)13-20(25)22(5-2)15-8-6-7-14(3)11-15/h6-12,18H,4-5,13H2,1-3H3. The molecule has 0 fully saturated rings. The molecule has 2 amide bonds. The van der Waals surface area contributed by atoms with Crippen LogP contribution < -0.4 is 14.5 Å². The normalized spacial score (nSPS) is 15.5. The van der Waals surface area contributed by atoms with E-state index in [2.05, 4.69) is 0 Å². The fourth-order valence-corrected chi connectivity index (χ4v) is 3.37. The number of rotatable bonds is 6. The van der Waals surface area contributed by atoms with Gasteiger partial charge < -0.3 is 9.64 Å². The number of hydrogen-bond donors (Lipinski definition) is 0. The van der Waals surface area contributed by atoms with E-state index in [0.717, 1.165) is 11.3 Å². The van der Waals surface area contributed by atoms with Crippen LogP contribution in [-0.4, -0.2) is 35.9 Å². The number of nitrogens with zero attached hydrogens (tertiary/aromatic N) is 3. The average molecular weight is 397 g/mol. The smallest absolute Gasteiger partial charge is 0.271 e. The number of carbonyl (C=O) groups excluding carboxylic acids is 2. The third-order valence-electron chi connectivity index (χ3n) is 4.85. The molecule has 0 saturated carbocycles. The summed E-state index contributed by atoms with van der Waals surface area (Å²) in [6, 6.07) is 11.6. The van der Waals surface area contributed by atoms with Crippen LogP contribution in [0.5, 0.6) is 5.75 Å². The molecule has 1 atom stereocenters. The molecule has 0 aliphatic carbocycles. The monoisotopic (exact) mass is 397 g/mol. The van der Waals surface area contributed by atoms with Crippen LogP contribution >= 0.6 is 0 Å². The van der Waals surface area contributed by atoms with E-state index in [0.29, 0.717) is 18.7 Å². The molecule has 3 rings (SSSR count). The summed E-state index contributed by atoms with van der Waals surface area (Å²) in [4.78, 5) is 39.5. The first kappa shape index (κ1) is 20.3. The molecular weight excluding hydrogens is 374 g/mol. The lowest BCUT2D eigenvalue weighted by Gasteiger charge is -2.34. The van der Waals surface area contributed by atoms with Crippen molar-refractivity contribution in [3.8, 4) is 5.75 Å². The van der Waals surface area contributed by atoms with Gasteiger partial charge in [0.1, 0.15) is 12.3 Å². The predicted octanol–water partition coefficient (Wildman–Crippen LogP) is 3.46. The largest absolute Gasteiger partial charge is 0.478 e. The Morgan fingerprint density at radius 2 is 2.00 bits per heavy atom. The molecule has 0 saturated heterocycles. The second-order valence-corrected chi connectivity index (χ2v) is 6.83. The van der Waals surface area contributed by atoms with E-state index in [4.69, 9.17) is 4.74 Å². The molecule has 0 aromatic heterocycles. The van der Waals surface area contributed by atoms with E-state index in [-0.39, 0.29) is 29.7 Å². The molecule has 29 heavy (non-hydrogen) atoms. The van der Waals surface area contributed by atoms with Gasteiger partial charge in [0.05, 0.1) is 10.6 Å². The van der Waals surface area contributed by atoms with Crippen LogP contribution in [0.4, 0.5) is 17.1 Å². The highest BCUT2D eigenvalue weighted by atomic mass is 16.6. The van der Waals surface area contributed by atoms with Gasteiger partial charge in [-0.3, -0.25) is 24.6 Å². The Labute approximate surface area is 168 Å². The van der Waals surface area contributed by atoms with Crippen molar-refractivity contribution >= 4 is 28.9 Å². The Morgan fingerprint density at radius 3 is 2.62 bits per heavy atom. The van der Waals surface area contributed by atoms with Gasteiger partial charge >= 0.3 is 0 Å². The summed E-state index contributed by atoms with van der Waals surface area (Å²) >= 11 is 0. The number of fused-ring (bicyclic) bond motifs is 1. The Kier molecular flexibility index (Phi) is 5.81. The molecular formula is C21H23N3O5. The molecule has 2 aromatic rings. The maximum Gasteiger partial charge on any atom is 0.271 e. The summed E-state index contributed by atoms with van der Waals surface area (Å²) < 4.78 is 5.69. The van der Waals surface area contributed by atoms with Gasteiger partial charge in [0.2, 0.25) is 5.91 Å². The van der Waals surface area contributed by atoms with Crippen LogP contribution in [0.15, 0.2) is 42.5 Å². The van der Waals surface area contributed by atoms with Crippen molar-refractivity contribution < 1.29 is 19.2 Å². The first-order valence-corrected chi connectivity index (χ1v) is 9.49. The minimum atomic E-state index is -0.731. The average Bonchev–Trinajstić information content (AvgIpc) is 2.70. The Bertz CT molecular complexity index is 959. The van der Waals surface area contributed by atoms with Crippen LogP contribution in [0.25, 0.3) is 0 Å². The van der Waals surface area contributed by atoms with E-state index >= 15 is 0 Å². The molecule has 0 spiro atoms. The lowest BCUT2D eigenvalue weighted by atomic mass is 10.1. The van der Waals surface area contributed by atoms with Crippen molar-refractivity contribution in [2.45, 2.75) is 33.3 Å². The number of aryl methyl sites for hydroxylation is 1. The van der Waals surface area contributed by atoms with Gasteiger partial charge in [-0.25, -0.2) is 0 Å². The number of benzene rings is 2. The molecule has 1 heterocycles. The van der Waals surface area contributed by atoms with Crippen molar-refractivity contribution in [2.75, 3.05) is 22.9 Å². The lowest BCUT2D eigenvalue weighted by Crippen LogP contribution is -2.50. The highest BCUT2D eigenvalue weighted by molar-refractivity contribution is 6.07. The van der Waals surface area contributed by atoms with Gasteiger partial charge in [-0.15, -0.1) is 0 Å². The maximum atomic E-state index is 13.1. The number of hydrogen-bond acceptors (Lipinski definition) is 5. The minimum Gasteiger partial charge on any atom is -0.478 e. The topological polar surface area (TPSA) is 93.0 Å².